The zero-order chi connectivity index (χ0) is 19.8. The van der Waals surface area contributed by atoms with Crippen LogP contribution < -0.4 is 11.1 Å². The van der Waals surface area contributed by atoms with Crippen molar-refractivity contribution in [3.8, 4) is 5.69 Å². The van der Waals surface area contributed by atoms with Crippen molar-refractivity contribution in [1.29, 1.82) is 0 Å². The first-order valence-corrected chi connectivity index (χ1v) is 9.21. The third-order valence-electron chi connectivity index (χ3n) is 4.26. The first kappa shape index (κ1) is 17.9. The van der Waals surface area contributed by atoms with E-state index >= 15 is 0 Å². The van der Waals surface area contributed by atoms with E-state index in [-0.39, 0.29) is 11.5 Å². The van der Waals surface area contributed by atoms with E-state index in [9.17, 15) is 14.0 Å². The predicted molar refractivity (Wildman–Crippen MR) is 107 cm³/mol. The van der Waals surface area contributed by atoms with Crippen molar-refractivity contribution in [3.05, 3.63) is 76.5 Å². The average Bonchev–Trinajstić information content (AvgIpc) is 3.25. The predicted octanol–water partition coefficient (Wildman–Crippen LogP) is 3.89. The molecule has 28 heavy (non-hydrogen) atoms. The lowest BCUT2D eigenvalue weighted by Crippen LogP contribution is -2.15. The second-order valence-corrected chi connectivity index (χ2v) is 7.21. The smallest absolute Gasteiger partial charge is 0.265 e. The lowest BCUT2D eigenvalue weighted by Gasteiger charge is -2.06. The van der Waals surface area contributed by atoms with Crippen LogP contribution in [0.4, 0.5) is 10.1 Å². The maximum atomic E-state index is 13.6. The third kappa shape index (κ3) is 3.14. The Kier molecular flexibility index (Phi) is 4.40. The summed E-state index contributed by atoms with van der Waals surface area (Å²) in [7, 11) is 0. The molecule has 2 amide bonds. The molecule has 0 spiro atoms. The molecule has 0 aliphatic rings. The third-order valence-corrected chi connectivity index (χ3v) is 5.37. The number of rotatable bonds is 4. The van der Waals surface area contributed by atoms with Gasteiger partial charge in [0.05, 0.1) is 21.8 Å². The summed E-state index contributed by atoms with van der Waals surface area (Å²) in [6.45, 7) is 1.88. The summed E-state index contributed by atoms with van der Waals surface area (Å²) in [6.07, 6.45) is 0. The number of nitrogens with two attached hydrogens (primary N) is 1. The SMILES string of the molecule is Cc1nn(-c2ccccc2)c2sc(C(=O)Nc3ccc(F)c(C(N)=O)c3)cc12. The molecule has 0 radical (unpaired) electrons. The number of primary amides is 1. The Morgan fingerprint density at radius 3 is 2.61 bits per heavy atom. The number of hydrogen-bond acceptors (Lipinski definition) is 4. The fourth-order valence-electron chi connectivity index (χ4n) is 2.89. The molecule has 3 N–H and O–H groups in total. The monoisotopic (exact) mass is 394 g/mol. The summed E-state index contributed by atoms with van der Waals surface area (Å²) in [5.41, 5.74) is 6.88. The number of anilines is 1. The fourth-order valence-corrected chi connectivity index (χ4v) is 3.97. The number of para-hydroxylation sites is 1. The van der Waals surface area contributed by atoms with Crippen molar-refractivity contribution in [1.82, 2.24) is 9.78 Å². The highest BCUT2D eigenvalue weighted by atomic mass is 32.1. The van der Waals surface area contributed by atoms with Crippen molar-refractivity contribution in [2.45, 2.75) is 6.92 Å². The second-order valence-electron chi connectivity index (χ2n) is 6.18. The molecule has 2 aromatic heterocycles. The van der Waals surface area contributed by atoms with Crippen LogP contribution in [0.1, 0.15) is 25.7 Å². The number of fused-ring (bicyclic) bond motifs is 1. The minimum atomic E-state index is -0.894. The number of halogens is 1. The molecule has 2 heterocycles. The van der Waals surface area contributed by atoms with E-state index in [0.717, 1.165) is 27.7 Å². The highest BCUT2D eigenvalue weighted by molar-refractivity contribution is 7.20. The summed E-state index contributed by atoms with van der Waals surface area (Å²) >= 11 is 1.30. The Balaban J connectivity index is 1.67. The van der Waals surface area contributed by atoms with Gasteiger partial charge in [0.1, 0.15) is 10.6 Å². The van der Waals surface area contributed by atoms with Gasteiger partial charge in [-0.05, 0) is 43.3 Å². The van der Waals surface area contributed by atoms with Crippen molar-refractivity contribution in [2.24, 2.45) is 5.73 Å². The van der Waals surface area contributed by atoms with Gasteiger partial charge in [-0.2, -0.15) is 5.10 Å². The van der Waals surface area contributed by atoms with Gasteiger partial charge in [0.25, 0.3) is 11.8 Å². The van der Waals surface area contributed by atoms with Crippen LogP contribution in [0.3, 0.4) is 0 Å². The van der Waals surface area contributed by atoms with Gasteiger partial charge in [-0.15, -0.1) is 11.3 Å². The Bertz CT molecular complexity index is 1210. The molecule has 0 saturated heterocycles. The normalized spacial score (nSPS) is 10.9. The quantitative estimate of drug-likeness (QED) is 0.550. The number of thiophene rings is 1. The largest absolute Gasteiger partial charge is 0.366 e. The maximum Gasteiger partial charge on any atom is 0.265 e. The van der Waals surface area contributed by atoms with Crippen LogP contribution >= 0.6 is 11.3 Å². The molecule has 4 aromatic rings. The Labute approximate surface area is 163 Å². The molecular weight excluding hydrogens is 379 g/mol. The molecular formula is C20H15FN4O2S. The van der Waals surface area contributed by atoms with E-state index < -0.39 is 11.7 Å². The number of aromatic nitrogens is 2. The van der Waals surface area contributed by atoms with E-state index in [1.165, 1.54) is 23.5 Å². The molecule has 6 nitrogen and oxygen atoms in total. The van der Waals surface area contributed by atoms with Crippen LogP contribution in [-0.4, -0.2) is 21.6 Å². The molecule has 0 fully saturated rings. The molecule has 0 unspecified atom stereocenters. The van der Waals surface area contributed by atoms with E-state index in [2.05, 4.69) is 10.4 Å². The number of carbonyl (C=O) groups excluding carboxylic acids is 2. The number of benzene rings is 2. The lowest BCUT2D eigenvalue weighted by molar-refractivity contribution is 0.0993. The highest BCUT2D eigenvalue weighted by Crippen LogP contribution is 2.31. The van der Waals surface area contributed by atoms with Crippen LogP contribution in [0.25, 0.3) is 15.9 Å². The number of carbonyl (C=O) groups is 2. The first-order chi connectivity index (χ1) is 13.4. The van der Waals surface area contributed by atoms with Gasteiger partial charge in [0.15, 0.2) is 0 Å². The summed E-state index contributed by atoms with van der Waals surface area (Å²) < 4.78 is 15.4. The van der Waals surface area contributed by atoms with Crippen molar-refractivity contribution >= 4 is 39.1 Å². The summed E-state index contributed by atoms with van der Waals surface area (Å²) in [5, 5.41) is 8.11. The molecule has 140 valence electrons. The standard InChI is InChI=1S/C20H15FN4O2S/c1-11-14-10-17(28-20(14)25(24-11)13-5-3-2-4-6-13)19(27)23-12-7-8-16(21)15(9-12)18(22)26/h2-10H,1H3,(H2,22,26)(H,23,27). The van der Waals surface area contributed by atoms with Crippen molar-refractivity contribution in [2.75, 3.05) is 5.32 Å². The van der Waals surface area contributed by atoms with Gasteiger partial charge in [-0.25, -0.2) is 9.07 Å². The fraction of sp³-hybridized carbons (Fsp3) is 0.0500. The van der Waals surface area contributed by atoms with Crippen molar-refractivity contribution in [3.63, 3.8) is 0 Å². The Morgan fingerprint density at radius 1 is 1.14 bits per heavy atom. The van der Waals surface area contributed by atoms with E-state index in [4.69, 9.17) is 5.73 Å². The molecule has 0 aliphatic carbocycles. The summed E-state index contributed by atoms with van der Waals surface area (Å²) in [5.74, 6) is -1.98. The van der Waals surface area contributed by atoms with E-state index in [1.807, 2.05) is 37.3 Å². The molecule has 0 saturated carbocycles. The Morgan fingerprint density at radius 2 is 1.89 bits per heavy atom. The topological polar surface area (TPSA) is 90.0 Å². The minimum Gasteiger partial charge on any atom is -0.366 e. The minimum absolute atomic E-state index is 0.273. The van der Waals surface area contributed by atoms with Crippen LogP contribution in [0.5, 0.6) is 0 Å². The van der Waals surface area contributed by atoms with E-state index in [0.29, 0.717) is 10.6 Å². The number of nitrogens with one attached hydrogen (secondary N) is 1. The van der Waals surface area contributed by atoms with Gasteiger partial charge < -0.3 is 11.1 Å². The second kappa shape index (κ2) is 6.90. The van der Waals surface area contributed by atoms with Gasteiger partial charge >= 0.3 is 0 Å². The average molecular weight is 394 g/mol. The molecule has 0 aliphatic heterocycles. The lowest BCUT2D eigenvalue weighted by atomic mass is 10.1. The molecule has 4 rings (SSSR count). The summed E-state index contributed by atoms with van der Waals surface area (Å²) in [4.78, 5) is 25.3. The van der Waals surface area contributed by atoms with Gasteiger partial charge in [-0.1, -0.05) is 18.2 Å². The number of hydrogen-bond donors (Lipinski definition) is 2. The zero-order valence-corrected chi connectivity index (χ0v) is 15.6. The van der Waals surface area contributed by atoms with Crippen LogP contribution in [-0.2, 0) is 0 Å². The Hall–Kier alpha value is -3.52. The number of amides is 2. The molecule has 8 heteroatoms. The van der Waals surface area contributed by atoms with Gasteiger partial charge in [-0.3, -0.25) is 9.59 Å². The van der Waals surface area contributed by atoms with Crippen LogP contribution in [0.15, 0.2) is 54.6 Å². The van der Waals surface area contributed by atoms with Gasteiger partial charge in [0.2, 0.25) is 0 Å². The number of aryl methyl sites for hydroxylation is 1. The van der Waals surface area contributed by atoms with Gasteiger partial charge in [0, 0.05) is 11.1 Å². The molecule has 2 aromatic carbocycles. The van der Waals surface area contributed by atoms with Crippen LogP contribution in [0.2, 0.25) is 0 Å². The highest BCUT2D eigenvalue weighted by Gasteiger charge is 2.18. The van der Waals surface area contributed by atoms with Crippen molar-refractivity contribution < 1.29 is 14.0 Å². The molecule has 0 bridgehead atoms. The maximum absolute atomic E-state index is 13.6. The summed E-state index contributed by atoms with van der Waals surface area (Å²) in [6, 6.07) is 15.1. The van der Waals surface area contributed by atoms with E-state index in [1.54, 1.807) is 10.7 Å². The number of nitrogens with zero attached hydrogens (tertiary/aromatic N) is 2. The zero-order valence-electron chi connectivity index (χ0n) is 14.8. The van der Waals surface area contributed by atoms with Crippen LogP contribution in [0, 0.1) is 12.7 Å². The first-order valence-electron chi connectivity index (χ1n) is 8.39. The molecule has 0 atom stereocenters.